The molecule has 1 aromatic rings. The van der Waals surface area contributed by atoms with E-state index in [-0.39, 0.29) is 5.41 Å². The van der Waals surface area contributed by atoms with Crippen LogP contribution < -0.4 is 10.6 Å². The van der Waals surface area contributed by atoms with Gasteiger partial charge in [-0.2, -0.15) is 4.98 Å². The Morgan fingerprint density at radius 3 is 2.62 bits per heavy atom. The van der Waals surface area contributed by atoms with E-state index in [1.54, 1.807) is 7.11 Å². The normalized spacial score (nSPS) is 12.5. The van der Waals surface area contributed by atoms with E-state index >= 15 is 0 Å². The molecule has 138 valence electrons. The van der Waals surface area contributed by atoms with Gasteiger partial charge in [0.05, 0.1) is 13.2 Å². The van der Waals surface area contributed by atoms with Gasteiger partial charge in [-0.25, -0.2) is 4.99 Å². The topological polar surface area (TPSA) is 93.8 Å². The molecule has 1 rings (SSSR count). The van der Waals surface area contributed by atoms with Gasteiger partial charge in [-0.05, 0) is 13.3 Å². The predicted molar refractivity (Wildman–Crippen MR) is 93.1 cm³/mol. The number of ether oxygens (including phenoxy) is 2. The van der Waals surface area contributed by atoms with E-state index in [1.165, 1.54) is 0 Å². The van der Waals surface area contributed by atoms with Crippen molar-refractivity contribution < 1.29 is 14.0 Å². The fourth-order valence-electron chi connectivity index (χ4n) is 1.74. The lowest BCUT2D eigenvalue weighted by Gasteiger charge is -2.11. The van der Waals surface area contributed by atoms with Gasteiger partial charge in [-0.15, -0.1) is 0 Å². The zero-order valence-corrected chi connectivity index (χ0v) is 15.5. The van der Waals surface area contributed by atoms with Gasteiger partial charge in [0.2, 0.25) is 5.89 Å². The van der Waals surface area contributed by atoms with Crippen LogP contribution in [0.5, 0.6) is 0 Å². The number of hydrogen-bond donors (Lipinski definition) is 2. The molecule has 0 fully saturated rings. The summed E-state index contributed by atoms with van der Waals surface area (Å²) >= 11 is 0. The van der Waals surface area contributed by atoms with Gasteiger partial charge in [0.15, 0.2) is 11.8 Å². The molecule has 0 bridgehead atoms. The summed E-state index contributed by atoms with van der Waals surface area (Å²) in [5.74, 6) is 1.94. The van der Waals surface area contributed by atoms with E-state index in [0.29, 0.717) is 38.1 Å². The number of nitrogens with zero attached hydrogens (tertiary/aromatic N) is 3. The fourth-order valence-corrected chi connectivity index (χ4v) is 1.74. The van der Waals surface area contributed by atoms with Crippen molar-refractivity contribution >= 4 is 5.96 Å². The Balaban J connectivity index is 2.38. The van der Waals surface area contributed by atoms with Gasteiger partial charge in [0, 0.05) is 32.2 Å². The predicted octanol–water partition coefficient (Wildman–Crippen LogP) is 1.48. The van der Waals surface area contributed by atoms with Crippen LogP contribution in [-0.2, 0) is 21.4 Å². The van der Waals surface area contributed by atoms with Crippen LogP contribution in [0.2, 0.25) is 0 Å². The summed E-state index contributed by atoms with van der Waals surface area (Å²) < 4.78 is 15.6. The molecule has 0 atom stereocenters. The van der Waals surface area contributed by atoms with Crippen LogP contribution in [0, 0.1) is 0 Å². The minimum atomic E-state index is -0.152. The van der Waals surface area contributed by atoms with Crippen LogP contribution in [0.4, 0.5) is 0 Å². The van der Waals surface area contributed by atoms with E-state index in [9.17, 15) is 0 Å². The first-order valence-electron chi connectivity index (χ1n) is 8.39. The third-order valence-corrected chi connectivity index (χ3v) is 3.02. The van der Waals surface area contributed by atoms with E-state index < -0.39 is 0 Å². The highest BCUT2D eigenvalue weighted by atomic mass is 16.5. The van der Waals surface area contributed by atoms with Gasteiger partial charge in [-0.1, -0.05) is 25.9 Å². The molecule has 24 heavy (non-hydrogen) atoms. The quantitative estimate of drug-likeness (QED) is 0.378. The van der Waals surface area contributed by atoms with Gasteiger partial charge in [-0.3, -0.25) is 0 Å². The maximum Gasteiger partial charge on any atom is 0.232 e. The summed E-state index contributed by atoms with van der Waals surface area (Å²) in [4.78, 5) is 8.85. The number of nitrogens with one attached hydrogen (secondary N) is 2. The minimum absolute atomic E-state index is 0.152. The highest BCUT2D eigenvalue weighted by Crippen LogP contribution is 2.19. The largest absolute Gasteiger partial charge is 0.382 e. The van der Waals surface area contributed by atoms with E-state index in [2.05, 4.69) is 25.8 Å². The van der Waals surface area contributed by atoms with Gasteiger partial charge in [0.25, 0.3) is 0 Å². The van der Waals surface area contributed by atoms with Crippen LogP contribution >= 0.6 is 0 Å². The Morgan fingerprint density at radius 1 is 1.21 bits per heavy atom. The highest BCUT2D eigenvalue weighted by molar-refractivity contribution is 5.79. The molecule has 0 saturated heterocycles. The molecule has 0 aromatic carbocycles. The average molecular weight is 341 g/mol. The maximum absolute atomic E-state index is 5.42. The Labute approximate surface area is 144 Å². The number of rotatable bonds is 10. The molecule has 0 aliphatic rings. The van der Waals surface area contributed by atoms with E-state index in [0.717, 1.165) is 25.5 Å². The molecule has 0 unspecified atom stereocenters. The molecule has 0 amide bonds. The van der Waals surface area contributed by atoms with Crippen molar-refractivity contribution in [3.8, 4) is 0 Å². The zero-order valence-electron chi connectivity index (χ0n) is 15.5. The summed E-state index contributed by atoms with van der Waals surface area (Å²) in [6.45, 7) is 12.0. The zero-order chi connectivity index (χ0) is 17.8. The second-order valence-corrected chi connectivity index (χ2v) is 6.35. The lowest BCUT2D eigenvalue weighted by Crippen LogP contribution is -2.38. The lowest BCUT2D eigenvalue weighted by molar-refractivity contribution is 0.0698. The first kappa shape index (κ1) is 20.4. The van der Waals surface area contributed by atoms with E-state index in [4.69, 9.17) is 14.0 Å². The molecular weight excluding hydrogens is 310 g/mol. The Kier molecular flexibility index (Phi) is 9.33. The Bertz CT molecular complexity index is 482. The van der Waals surface area contributed by atoms with Crippen LogP contribution in [-0.4, -0.2) is 56.1 Å². The Morgan fingerprint density at radius 2 is 2.00 bits per heavy atom. The smallest absolute Gasteiger partial charge is 0.232 e. The van der Waals surface area contributed by atoms with Crippen LogP contribution in [0.3, 0.4) is 0 Å². The van der Waals surface area contributed by atoms with Crippen LogP contribution in [0.1, 0.15) is 45.8 Å². The SMILES string of the molecule is CCNC(=NCc1noc(C(C)(C)C)n1)NCCCOCCOC. The third kappa shape index (κ3) is 8.26. The van der Waals surface area contributed by atoms with Gasteiger partial charge < -0.3 is 24.6 Å². The number of methoxy groups -OCH3 is 1. The van der Waals surface area contributed by atoms with Crippen molar-refractivity contribution in [3.05, 3.63) is 11.7 Å². The van der Waals surface area contributed by atoms with Crippen molar-refractivity contribution in [2.45, 2.75) is 46.1 Å². The first-order valence-corrected chi connectivity index (χ1v) is 8.39. The number of hydrogen-bond acceptors (Lipinski definition) is 6. The van der Waals surface area contributed by atoms with E-state index in [1.807, 2.05) is 27.7 Å². The second kappa shape index (κ2) is 11.0. The molecule has 0 radical (unpaired) electrons. The first-order chi connectivity index (χ1) is 11.5. The van der Waals surface area contributed by atoms with Crippen LogP contribution in [0.15, 0.2) is 9.52 Å². The molecule has 1 heterocycles. The van der Waals surface area contributed by atoms with Crippen molar-refractivity contribution in [2.24, 2.45) is 4.99 Å². The molecule has 0 saturated carbocycles. The van der Waals surface area contributed by atoms with Gasteiger partial charge >= 0.3 is 0 Å². The molecule has 0 aliphatic carbocycles. The third-order valence-electron chi connectivity index (χ3n) is 3.02. The molecule has 8 heteroatoms. The summed E-state index contributed by atoms with van der Waals surface area (Å²) in [5.41, 5.74) is -0.152. The summed E-state index contributed by atoms with van der Waals surface area (Å²) in [6, 6.07) is 0. The average Bonchev–Trinajstić information content (AvgIpc) is 3.01. The Hall–Kier alpha value is -1.67. The molecule has 0 aliphatic heterocycles. The van der Waals surface area contributed by atoms with Crippen molar-refractivity contribution in [1.82, 2.24) is 20.8 Å². The number of aromatic nitrogens is 2. The monoisotopic (exact) mass is 341 g/mol. The number of guanidine groups is 1. The molecule has 0 spiro atoms. The van der Waals surface area contributed by atoms with Crippen molar-refractivity contribution in [1.29, 1.82) is 0 Å². The van der Waals surface area contributed by atoms with Crippen molar-refractivity contribution in [2.75, 3.05) is 40.0 Å². The molecular formula is C16H31N5O3. The molecule has 2 N–H and O–H groups in total. The molecule has 1 aromatic heterocycles. The van der Waals surface area contributed by atoms with Crippen LogP contribution in [0.25, 0.3) is 0 Å². The summed E-state index contributed by atoms with van der Waals surface area (Å²) in [5, 5.41) is 10.4. The summed E-state index contributed by atoms with van der Waals surface area (Å²) in [7, 11) is 1.66. The molecule has 8 nitrogen and oxygen atoms in total. The minimum Gasteiger partial charge on any atom is -0.382 e. The fraction of sp³-hybridized carbons (Fsp3) is 0.812. The number of aliphatic imine (C=N–C) groups is 1. The lowest BCUT2D eigenvalue weighted by atomic mass is 9.97. The standard InChI is InChI=1S/C16H31N5O3/c1-6-17-15(18-8-7-9-23-11-10-22-5)19-12-13-20-14(24-21-13)16(2,3)4/h6-12H2,1-5H3,(H2,17,18,19). The summed E-state index contributed by atoms with van der Waals surface area (Å²) in [6.07, 6.45) is 0.893. The maximum atomic E-state index is 5.42. The second-order valence-electron chi connectivity index (χ2n) is 6.35. The van der Waals surface area contributed by atoms with Crippen molar-refractivity contribution in [3.63, 3.8) is 0 Å². The highest BCUT2D eigenvalue weighted by Gasteiger charge is 2.21. The van der Waals surface area contributed by atoms with Gasteiger partial charge in [0.1, 0.15) is 6.54 Å².